The van der Waals surface area contributed by atoms with Gasteiger partial charge in [0.1, 0.15) is 5.75 Å². The lowest BCUT2D eigenvalue weighted by atomic mass is 9.98. The summed E-state index contributed by atoms with van der Waals surface area (Å²) >= 11 is 0. The maximum absolute atomic E-state index is 5.21. The van der Waals surface area contributed by atoms with Gasteiger partial charge in [-0.1, -0.05) is 19.1 Å². The van der Waals surface area contributed by atoms with Crippen LogP contribution in [-0.2, 0) is 6.54 Å². The minimum Gasteiger partial charge on any atom is -0.497 e. The number of guanidine groups is 1. The highest BCUT2D eigenvalue weighted by molar-refractivity contribution is 14.0. The first-order chi connectivity index (χ1) is 12.2. The van der Waals surface area contributed by atoms with Crippen LogP contribution in [0.1, 0.15) is 31.7 Å². The molecular formula is C20H31IN4O. The molecule has 0 saturated heterocycles. The Hall–Kier alpha value is -1.70. The Balaban J connectivity index is 0.00000338. The second-order valence-corrected chi connectivity index (χ2v) is 6.07. The van der Waals surface area contributed by atoms with Crippen molar-refractivity contribution in [1.82, 2.24) is 15.2 Å². The summed E-state index contributed by atoms with van der Waals surface area (Å²) in [5.74, 6) is 2.25. The van der Waals surface area contributed by atoms with Crippen LogP contribution in [0.4, 0.5) is 0 Å². The molecule has 1 heterocycles. The third-order valence-electron chi connectivity index (χ3n) is 4.19. The molecule has 2 aromatic rings. The molecular weight excluding hydrogens is 439 g/mol. The van der Waals surface area contributed by atoms with Gasteiger partial charge >= 0.3 is 0 Å². The number of nitrogens with zero attached hydrogens (tertiary/aromatic N) is 2. The molecule has 0 aliphatic heterocycles. The number of nitrogens with one attached hydrogen (secondary N) is 2. The first-order valence-corrected chi connectivity index (χ1v) is 8.99. The van der Waals surface area contributed by atoms with Gasteiger partial charge in [0.15, 0.2) is 5.96 Å². The molecule has 2 N–H and O–H groups in total. The van der Waals surface area contributed by atoms with E-state index in [1.807, 2.05) is 24.3 Å². The first-order valence-electron chi connectivity index (χ1n) is 8.99. The minimum absolute atomic E-state index is 0. The quantitative estimate of drug-likeness (QED) is 0.333. The van der Waals surface area contributed by atoms with E-state index in [4.69, 9.17) is 9.73 Å². The molecule has 0 fully saturated rings. The van der Waals surface area contributed by atoms with Crippen molar-refractivity contribution >= 4 is 29.9 Å². The van der Waals surface area contributed by atoms with Gasteiger partial charge in [-0.05, 0) is 49.1 Å². The minimum atomic E-state index is 0. The van der Waals surface area contributed by atoms with E-state index in [1.165, 1.54) is 5.56 Å². The Labute approximate surface area is 174 Å². The molecule has 0 aliphatic carbocycles. The molecule has 0 radical (unpaired) electrons. The lowest BCUT2D eigenvalue weighted by molar-refractivity contribution is 0.414. The van der Waals surface area contributed by atoms with E-state index >= 15 is 0 Å². The molecule has 26 heavy (non-hydrogen) atoms. The number of hydrogen-bond acceptors (Lipinski definition) is 2. The summed E-state index contributed by atoms with van der Waals surface area (Å²) in [5, 5.41) is 6.69. The van der Waals surface area contributed by atoms with Gasteiger partial charge in [0.05, 0.1) is 7.11 Å². The zero-order valence-electron chi connectivity index (χ0n) is 15.9. The summed E-state index contributed by atoms with van der Waals surface area (Å²) < 4.78 is 7.37. The Bertz CT molecular complexity index is 626. The van der Waals surface area contributed by atoms with Gasteiger partial charge in [0, 0.05) is 38.6 Å². The fourth-order valence-corrected chi connectivity index (χ4v) is 2.63. The van der Waals surface area contributed by atoms with E-state index in [1.54, 1.807) is 7.11 Å². The number of aromatic nitrogens is 1. The van der Waals surface area contributed by atoms with Crippen LogP contribution < -0.4 is 15.4 Å². The molecule has 0 amide bonds. The second kappa shape index (κ2) is 12.6. The Morgan fingerprint density at radius 3 is 2.46 bits per heavy atom. The molecule has 1 aromatic carbocycles. The van der Waals surface area contributed by atoms with E-state index in [0.717, 1.165) is 44.3 Å². The highest BCUT2D eigenvalue weighted by Gasteiger charge is 2.06. The summed E-state index contributed by atoms with van der Waals surface area (Å²) in [6.45, 7) is 7.77. The largest absolute Gasteiger partial charge is 0.497 e. The number of ether oxygens (including phenoxy) is 1. The fourth-order valence-electron chi connectivity index (χ4n) is 2.63. The highest BCUT2D eigenvalue weighted by Crippen LogP contribution is 2.21. The molecule has 0 bridgehead atoms. The average molecular weight is 470 g/mol. The fraction of sp³-hybridized carbons (Fsp3) is 0.450. The average Bonchev–Trinajstić information content (AvgIpc) is 3.15. The Kier molecular flexibility index (Phi) is 10.8. The second-order valence-electron chi connectivity index (χ2n) is 6.07. The molecule has 0 aliphatic rings. The molecule has 2 rings (SSSR count). The maximum Gasteiger partial charge on any atom is 0.191 e. The number of hydrogen-bond donors (Lipinski definition) is 2. The van der Waals surface area contributed by atoms with Crippen molar-refractivity contribution in [3.8, 4) is 5.75 Å². The van der Waals surface area contributed by atoms with Crippen LogP contribution in [0.25, 0.3) is 0 Å². The van der Waals surface area contributed by atoms with Gasteiger partial charge in [-0.25, -0.2) is 0 Å². The van der Waals surface area contributed by atoms with Crippen molar-refractivity contribution in [3.63, 3.8) is 0 Å². The Morgan fingerprint density at radius 1 is 1.15 bits per heavy atom. The third-order valence-corrected chi connectivity index (χ3v) is 4.19. The smallest absolute Gasteiger partial charge is 0.191 e. The molecule has 0 spiro atoms. The number of rotatable bonds is 9. The topological polar surface area (TPSA) is 50.6 Å². The van der Waals surface area contributed by atoms with Crippen LogP contribution in [0.5, 0.6) is 5.75 Å². The van der Waals surface area contributed by atoms with Gasteiger partial charge < -0.3 is 19.9 Å². The standard InChI is InChI=1S/C20H30N4O.HI/c1-4-21-20(23-13-16-24-14-5-6-15-24)22-12-11-17(2)18-7-9-19(25-3)10-8-18;/h5-10,14-15,17H,4,11-13,16H2,1-3H3,(H2,21,22,23);1H. The number of aliphatic imine (C=N–C) groups is 1. The zero-order valence-corrected chi connectivity index (χ0v) is 18.3. The number of methoxy groups -OCH3 is 1. The van der Waals surface area contributed by atoms with Crippen molar-refractivity contribution in [2.75, 3.05) is 26.7 Å². The third kappa shape index (κ3) is 7.68. The maximum atomic E-state index is 5.21. The molecule has 144 valence electrons. The van der Waals surface area contributed by atoms with Crippen LogP contribution in [0.3, 0.4) is 0 Å². The summed E-state index contributed by atoms with van der Waals surface area (Å²) in [4.78, 5) is 4.69. The van der Waals surface area contributed by atoms with Crippen molar-refractivity contribution < 1.29 is 4.74 Å². The van der Waals surface area contributed by atoms with Crippen LogP contribution in [0, 0.1) is 0 Å². The molecule has 5 nitrogen and oxygen atoms in total. The van der Waals surface area contributed by atoms with Gasteiger partial charge in [-0.2, -0.15) is 0 Å². The molecule has 1 aromatic heterocycles. The van der Waals surface area contributed by atoms with Gasteiger partial charge in [0.25, 0.3) is 0 Å². The zero-order chi connectivity index (χ0) is 17.9. The predicted molar refractivity (Wildman–Crippen MR) is 120 cm³/mol. The van der Waals surface area contributed by atoms with Crippen molar-refractivity contribution in [2.45, 2.75) is 32.7 Å². The number of benzene rings is 1. The predicted octanol–water partition coefficient (Wildman–Crippen LogP) is 3.86. The Morgan fingerprint density at radius 2 is 1.85 bits per heavy atom. The normalized spacial score (nSPS) is 12.2. The lowest BCUT2D eigenvalue weighted by Gasteiger charge is -2.14. The van der Waals surface area contributed by atoms with Crippen LogP contribution in [0.15, 0.2) is 53.8 Å². The monoisotopic (exact) mass is 470 g/mol. The van der Waals surface area contributed by atoms with Gasteiger partial charge in [0.2, 0.25) is 0 Å². The van der Waals surface area contributed by atoms with E-state index < -0.39 is 0 Å². The lowest BCUT2D eigenvalue weighted by Crippen LogP contribution is -2.38. The summed E-state index contributed by atoms with van der Waals surface area (Å²) in [6, 6.07) is 12.4. The summed E-state index contributed by atoms with van der Waals surface area (Å²) in [5.41, 5.74) is 1.32. The molecule has 1 unspecified atom stereocenters. The SMILES string of the molecule is CCNC(=NCCC(C)c1ccc(OC)cc1)NCCn1cccc1.I. The molecule has 1 atom stereocenters. The van der Waals surface area contributed by atoms with Crippen molar-refractivity contribution in [2.24, 2.45) is 4.99 Å². The van der Waals surface area contributed by atoms with Crippen LogP contribution >= 0.6 is 24.0 Å². The summed E-state index contributed by atoms with van der Waals surface area (Å²) in [7, 11) is 1.69. The van der Waals surface area contributed by atoms with Crippen molar-refractivity contribution in [3.05, 3.63) is 54.4 Å². The van der Waals surface area contributed by atoms with Gasteiger partial charge in [-0.15, -0.1) is 24.0 Å². The highest BCUT2D eigenvalue weighted by atomic mass is 127. The molecule has 0 saturated carbocycles. The van der Waals surface area contributed by atoms with E-state index in [2.05, 4.69) is 53.6 Å². The summed E-state index contributed by atoms with van der Waals surface area (Å²) in [6.07, 6.45) is 5.16. The van der Waals surface area contributed by atoms with Gasteiger partial charge in [-0.3, -0.25) is 4.99 Å². The molecule has 6 heteroatoms. The van der Waals surface area contributed by atoms with E-state index in [9.17, 15) is 0 Å². The first kappa shape index (κ1) is 22.3. The van der Waals surface area contributed by atoms with E-state index in [-0.39, 0.29) is 24.0 Å². The van der Waals surface area contributed by atoms with Crippen LogP contribution in [0.2, 0.25) is 0 Å². The van der Waals surface area contributed by atoms with E-state index in [0.29, 0.717) is 5.92 Å². The van der Waals surface area contributed by atoms with Crippen LogP contribution in [-0.4, -0.2) is 37.3 Å². The van der Waals surface area contributed by atoms with Crippen molar-refractivity contribution in [1.29, 1.82) is 0 Å². The number of halogens is 1.